The number of hydrogen-bond acceptors (Lipinski definition) is 7. The molecule has 4 heterocycles. The zero-order chi connectivity index (χ0) is 22.1. The van der Waals surface area contributed by atoms with Crippen LogP contribution in [0.2, 0.25) is 0 Å². The number of aromatic nitrogens is 4. The number of H-pyrrole nitrogens is 1. The van der Waals surface area contributed by atoms with Gasteiger partial charge in [-0.1, -0.05) is 0 Å². The van der Waals surface area contributed by atoms with Crippen LogP contribution in [0.25, 0.3) is 11.0 Å². The summed E-state index contributed by atoms with van der Waals surface area (Å²) in [6, 6.07) is -0.346. The van der Waals surface area contributed by atoms with Gasteiger partial charge >= 0.3 is 6.09 Å². The van der Waals surface area contributed by atoms with E-state index in [1.807, 2.05) is 0 Å². The van der Waals surface area contributed by atoms with Gasteiger partial charge in [0.05, 0.1) is 39.2 Å². The van der Waals surface area contributed by atoms with E-state index >= 15 is 0 Å². The highest BCUT2D eigenvalue weighted by atomic mass is 79.9. The van der Waals surface area contributed by atoms with Crippen LogP contribution < -0.4 is 16.1 Å². The maximum Gasteiger partial charge on any atom is 0.421 e. The number of aromatic amines is 1. The van der Waals surface area contributed by atoms with Gasteiger partial charge in [0, 0.05) is 31.7 Å². The molecule has 1 fully saturated rings. The predicted molar refractivity (Wildman–Crippen MR) is 118 cm³/mol. The van der Waals surface area contributed by atoms with Crippen molar-refractivity contribution < 1.29 is 14.7 Å². The van der Waals surface area contributed by atoms with Crippen molar-refractivity contribution in [2.24, 2.45) is 5.84 Å². The van der Waals surface area contributed by atoms with Crippen LogP contribution in [0.5, 0.6) is 0 Å². The van der Waals surface area contributed by atoms with Crippen molar-refractivity contribution in [3.8, 4) is 0 Å². The normalized spacial score (nSPS) is 16.4. The topological polar surface area (TPSA) is 153 Å². The third-order valence-electron chi connectivity index (χ3n) is 5.22. The molecular weight excluding hydrogens is 468 g/mol. The fourth-order valence-electron chi connectivity index (χ4n) is 3.70. The molecule has 0 unspecified atom stereocenters. The zero-order valence-corrected chi connectivity index (χ0v) is 18.3. The Morgan fingerprint density at radius 3 is 2.84 bits per heavy atom. The van der Waals surface area contributed by atoms with Crippen molar-refractivity contribution in [2.75, 3.05) is 23.3 Å². The van der Waals surface area contributed by atoms with E-state index in [-0.39, 0.29) is 11.7 Å². The van der Waals surface area contributed by atoms with E-state index < -0.39 is 12.0 Å². The Kier molecular flexibility index (Phi) is 5.74. The number of anilines is 2. The quantitative estimate of drug-likeness (QED) is 0.248. The van der Waals surface area contributed by atoms with Crippen molar-refractivity contribution in [3.05, 3.63) is 40.6 Å². The van der Waals surface area contributed by atoms with Crippen molar-refractivity contribution in [1.82, 2.24) is 24.9 Å². The molecule has 0 bridgehead atoms. The number of carboxylic acid groups (broad SMARTS) is 1. The summed E-state index contributed by atoms with van der Waals surface area (Å²) < 4.78 is 0.727. The molecule has 1 atom stereocenters. The van der Waals surface area contributed by atoms with E-state index in [1.54, 1.807) is 19.3 Å². The number of aryl methyl sites for hydroxylation is 1. The van der Waals surface area contributed by atoms with Crippen LogP contribution in [0.1, 0.15) is 29.0 Å². The Bertz CT molecular complexity index is 1130. The Hall–Kier alpha value is -3.25. The fourth-order valence-corrected chi connectivity index (χ4v) is 4.25. The molecule has 5 N–H and O–H groups in total. The largest absolute Gasteiger partial charge is 0.464 e. The van der Waals surface area contributed by atoms with Crippen LogP contribution in [0.15, 0.2) is 29.3 Å². The lowest BCUT2D eigenvalue weighted by Gasteiger charge is -2.38. The van der Waals surface area contributed by atoms with Crippen LogP contribution in [0.4, 0.5) is 16.2 Å². The Labute approximate surface area is 185 Å². The second-order valence-electron chi connectivity index (χ2n) is 7.31. The molecule has 0 radical (unpaired) electrons. The molecule has 2 amide bonds. The molecule has 1 saturated heterocycles. The summed E-state index contributed by atoms with van der Waals surface area (Å²) in [7, 11) is 0. The van der Waals surface area contributed by atoms with Gasteiger partial charge in [0.2, 0.25) is 0 Å². The number of halogens is 1. The number of nitrogens with zero attached hydrogens (tertiary/aromatic N) is 5. The molecule has 0 spiro atoms. The molecule has 11 nitrogen and oxygen atoms in total. The predicted octanol–water partition coefficient (Wildman–Crippen LogP) is 2.50. The molecule has 0 aromatic carbocycles. The number of rotatable bonds is 4. The molecule has 12 heteroatoms. The van der Waals surface area contributed by atoms with Crippen molar-refractivity contribution in [1.29, 1.82) is 0 Å². The van der Waals surface area contributed by atoms with Crippen molar-refractivity contribution in [2.45, 2.75) is 25.8 Å². The number of pyridine rings is 1. The molecule has 0 aliphatic carbocycles. The second kappa shape index (κ2) is 8.47. The number of fused-ring (bicyclic) bond motifs is 1. The average molecular weight is 489 g/mol. The zero-order valence-electron chi connectivity index (χ0n) is 16.7. The van der Waals surface area contributed by atoms with E-state index in [4.69, 9.17) is 5.84 Å². The Morgan fingerprint density at radius 2 is 2.13 bits per heavy atom. The van der Waals surface area contributed by atoms with Crippen LogP contribution in [0, 0.1) is 6.92 Å². The standard InChI is InChI=1S/C19H21BrN8O3/c1-10-5-23-14(8-22-10)18(29)26-13-7-25-17-15(13)16(12(20)6-24-17)27-4-2-3-11(9-27)28(21)19(30)31/h5-8,11H,2-4,9,21H2,1H3,(H,24,25)(H,26,29)(H,30,31)/t11-/m1/s1. The molecule has 1 aliphatic heterocycles. The number of nitrogens with one attached hydrogen (secondary N) is 2. The number of carbonyl (C=O) groups is 2. The van der Waals surface area contributed by atoms with E-state index in [0.29, 0.717) is 41.9 Å². The minimum Gasteiger partial charge on any atom is -0.464 e. The fraction of sp³-hybridized carbons (Fsp3) is 0.316. The number of hydrazine groups is 1. The van der Waals surface area contributed by atoms with Crippen LogP contribution in [-0.4, -0.2) is 61.2 Å². The number of amides is 2. The first-order chi connectivity index (χ1) is 14.8. The van der Waals surface area contributed by atoms with Crippen molar-refractivity contribution >= 4 is 50.3 Å². The maximum absolute atomic E-state index is 12.7. The summed E-state index contributed by atoms with van der Waals surface area (Å²) in [4.78, 5) is 41.8. The average Bonchev–Trinajstić information content (AvgIpc) is 3.16. The monoisotopic (exact) mass is 488 g/mol. The van der Waals surface area contributed by atoms with Crippen molar-refractivity contribution in [3.63, 3.8) is 0 Å². The lowest BCUT2D eigenvalue weighted by molar-refractivity contribution is 0.102. The van der Waals surface area contributed by atoms with E-state index in [9.17, 15) is 14.7 Å². The summed E-state index contributed by atoms with van der Waals surface area (Å²) in [5.41, 5.74) is 2.85. The number of carbonyl (C=O) groups excluding carboxylic acids is 1. The van der Waals surface area contributed by atoms with Crippen LogP contribution in [-0.2, 0) is 0 Å². The lowest BCUT2D eigenvalue weighted by atomic mass is 10.0. The molecule has 4 rings (SSSR count). The highest BCUT2D eigenvalue weighted by Gasteiger charge is 2.29. The molecule has 3 aromatic rings. The van der Waals surface area contributed by atoms with Gasteiger partial charge in [-0.2, -0.15) is 0 Å². The summed E-state index contributed by atoms with van der Waals surface area (Å²) in [5.74, 6) is 5.35. The molecule has 162 valence electrons. The third-order valence-corrected chi connectivity index (χ3v) is 5.80. The minimum absolute atomic E-state index is 0.197. The first-order valence-electron chi connectivity index (χ1n) is 9.62. The molecule has 3 aromatic heterocycles. The van der Waals surface area contributed by atoms with Gasteiger partial charge in [-0.25, -0.2) is 25.6 Å². The van der Waals surface area contributed by atoms with E-state index in [1.165, 1.54) is 12.4 Å². The summed E-state index contributed by atoms with van der Waals surface area (Å²) in [5, 5.41) is 13.7. The summed E-state index contributed by atoms with van der Waals surface area (Å²) in [6.07, 6.45) is 6.57. The number of piperidine rings is 1. The smallest absolute Gasteiger partial charge is 0.421 e. The summed E-state index contributed by atoms with van der Waals surface area (Å²) in [6.45, 7) is 2.93. The lowest BCUT2D eigenvalue weighted by Crippen LogP contribution is -2.53. The van der Waals surface area contributed by atoms with Gasteiger partial charge in [0.25, 0.3) is 5.91 Å². The van der Waals surface area contributed by atoms with Gasteiger partial charge in [-0.05, 0) is 35.7 Å². The van der Waals surface area contributed by atoms with Crippen LogP contribution >= 0.6 is 15.9 Å². The van der Waals surface area contributed by atoms with Gasteiger partial charge in [-0.3, -0.25) is 9.78 Å². The first-order valence-corrected chi connectivity index (χ1v) is 10.4. The SMILES string of the molecule is Cc1cnc(C(=O)Nc2c[nH]c3ncc(Br)c(N4CCC[C@@H](N(N)C(=O)O)C4)c23)cn1. The number of nitrogens with two attached hydrogens (primary N) is 1. The highest BCUT2D eigenvalue weighted by Crippen LogP contribution is 2.39. The van der Waals surface area contributed by atoms with Gasteiger partial charge in [0.15, 0.2) is 0 Å². The van der Waals surface area contributed by atoms with E-state index in [2.05, 4.69) is 46.1 Å². The van der Waals surface area contributed by atoms with Gasteiger partial charge < -0.3 is 20.3 Å². The minimum atomic E-state index is -1.17. The molecular formula is C19H21BrN8O3. The molecule has 31 heavy (non-hydrogen) atoms. The Balaban J connectivity index is 1.68. The van der Waals surface area contributed by atoms with Crippen LogP contribution in [0.3, 0.4) is 0 Å². The van der Waals surface area contributed by atoms with Gasteiger partial charge in [-0.15, -0.1) is 0 Å². The first kappa shape index (κ1) is 21.0. The maximum atomic E-state index is 12.7. The van der Waals surface area contributed by atoms with E-state index in [0.717, 1.165) is 21.6 Å². The second-order valence-corrected chi connectivity index (χ2v) is 8.16. The molecule has 1 aliphatic rings. The highest BCUT2D eigenvalue weighted by molar-refractivity contribution is 9.10. The summed E-state index contributed by atoms with van der Waals surface area (Å²) >= 11 is 3.56. The third kappa shape index (κ3) is 4.16. The number of hydrogen-bond donors (Lipinski definition) is 4. The molecule has 0 saturated carbocycles. The Morgan fingerprint density at radius 1 is 1.32 bits per heavy atom. The van der Waals surface area contributed by atoms with Gasteiger partial charge in [0.1, 0.15) is 11.3 Å².